The fourth-order valence-corrected chi connectivity index (χ4v) is 1.59. The van der Waals surface area contributed by atoms with Crippen molar-refractivity contribution in [1.29, 1.82) is 0 Å². The number of amides is 1. The molecule has 1 atom stereocenters. The summed E-state index contributed by atoms with van der Waals surface area (Å²) in [5.41, 5.74) is 1.06. The molecule has 15 heavy (non-hydrogen) atoms. The highest BCUT2D eigenvalue weighted by molar-refractivity contribution is 5.76. The van der Waals surface area contributed by atoms with Crippen LogP contribution in [0.1, 0.15) is 18.4 Å². The summed E-state index contributed by atoms with van der Waals surface area (Å²) in [6, 6.07) is 0.364. The molecule has 1 aromatic heterocycles. The summed E-state index contributed by atoms with van der Waals surface area (Å²) in [6.45, 7) is 1.47. The second-order valence-corrected chi connectivity index (χ2v) is 3.67. The molecule has 0 aliphatic carbocycles. The first-order chi connectivity index (χ1) is 7.34. The van der Waals surface area contributed by atoms with Gasteiger partial charge in [-0.25, -0.2) is 9.97 Å². The lowest BCUT2D eigenvalue weighted by Crippen LogP contribution is -2.45. The molecule has 5 nitrogen and oxygen atoms in total. The lowest BCUT2D eigenvalue weighted by atomic mass is 10.1. The quantitative estimate of drug-likeness (QED) is 0.721. The van der Waals surface area contributed by atoms with Crippen molar-refractivity contribution in [3.8, 4) is 0 Å². The summed E-state index contributed by atoms with van der Waals surface area (Å²) in [4.78, 5) is 18.8. The molecule has 2 N–H and O–H groups in total. The average Bonchev–Trinajstić information content (AvgIpc) is 2.30. The number of nitrogens with one attached hydrogen (secondary N) is 2. The van der Waals surface area contributed by atoms with Crippen LogP contribution in [-0.4, -0.2) is 28.5 Å². The van der Waals surface area contributed by atoms with Crippen LogP contribution < -0.4 is 10.6 Å². The molecule has 2 heterocycles. The van der Waals surface area contributed by atoms with Crippen molar-refractivity contribution < 1.29 is 4.79 Å². The molecule has 0 radical (unpaired) electrons. The summed E-state index contributed by atoms with van der Waals surface area (Å²) in [5.74, 6) is 0.149. The minimum Gasteiger partial charge on any atom is -0.355 e. The molecule has 0 bridgehead atoms. The molecule has 0 saturated carbocycles. The van der Waals surface area contributed by atoms with Gasteiger partial charge in [0.05, 0.1) is 0 Å². The van der Waals surface area contributed by atoms with Gasteiger partial charge in [-0.15, -0.1) is 0 Å². The normalized spacial score (nSPS) is 21.1. The first-order valence-electron chi connectivity index (χ1n) is 5.08. The van der Waals surface area contributed by atoms with Crippen molar-refractivity contribution in [3.05, 3.63) is 24.3 Å². The van der Waals surface area contributed by atoms with E-state index in [9.17, 15) is 4.79 Å². The molecule has 1 saturated heterocycles. The van der Waals surface area contributed by atoms with Crippen molar-refractivity contribution in [2.24, 2.45) is 0 Å². The molecule has 1 aliphatic rings. The van der Waals surface area contributed by atoms with Gasteiger partial charge in [-0.05, 0) is 6.42 Å². The molecule has 5 heteroatoms. The first-order valence-corrected chi connectivity index (χ1v) is 5.08. The number of hydrogen-bond donors (Lipinski definition) is 2. The van der Waals surface area contributed by atoms with Crippen molar-refractivity contribution in [2.75, 3.05) is 6.54 Å². The Balaban J connectivity index is 1.77. The minimum absolute atomic E-state index is 0.149. The molecular formula is C10H14N4O. The van der Waals surface area contributed by atoms with E-state index >= 15 is 0 Å². The molecule has 1 unspecified atom stereocenters. The summed E-state index contributed by atoms with van der Waals surface area (Å²) >= 11 is 0. The van der Waals surface area contributed by atoms with Crippen LogP contribution in [-0.2, 0) is 11.3 Å². The van der Waals surface area contributed by atoms with Gasteiger partial charge in [-0.3, -0.25) is 4.79 Å². The van der Waals surface area contributed by atoms with E-state index in [-0.39, 0.29) is 5.91 Å². The van der Waals surface area contributed by atoms with Crippen LogP contribution in [0.2, 0.25) is 0 Å². The third-order valence-electron chi connectivity index (χ3n) is 2.47. The summed E-state index contributed by atoms with van der Waals surface area (Å²) in [5, 5.41) is 6.20. The van der Waals surface area contributed by atoms with Crippen molar-refractivity contribution in [3.63, 3.8) is 0 Å². The maximum atomic E-state index is 10.9. The van der Waals surface area contributed by atoms with Crippen LogP contribution in [0.4, 0.5) is 0 Å². The van der Waals surface area contributed by atoms with Gasteiger partial charge in [-0.2, -0.15) is 0 Å². The van der Waals surface area contributed by atoms with Gasteiger partial charge in [0.2, 0.25) is 5.91 Å². The second-order valence-electron chi connectivity index (χ2n) is 3.67. The predicted molar refractivity (Wildman–Crippen MR) is 54.9 cm³/mol. The molecule has 0 spiro atoms. The topological polar surface area (TPSA) is 66.9 Å². The molecular weight excluding hydrogens is 192 g/mol. The highest BCUT2D eigenvalue weighted by atomic mass is 16.1. The SMILES string of the molecule is O=C1CCC(NCc2cncnc2)CN1. The highest BCUT2D eigenvalue weighted by Gasteiger charge is 2.16. The van der Waals surface area contributed by atoms with Gasteiger partial charge in [0.1, 0.15) is 6.33 Å². The van der Waals surface area contributed by atoms with E-state index in [0.717, 1.165) is 18.5 Å². The second kappa shape index (κ2) is 4.84. The predicted octanol–water partition coefficient (Wildman–Crippen LogP) is -0.155. The van der Waals surface area contributed by atoms with Crippen molar-refractivity contribution in [1.82, 2.24) is 20.6 Å². The number of carbonyl (C=O) groups is 1. The van der Waals surface area contributed by atoms with E-state index in [1.165, 1.54) is 6.33 Å². The van der Waals surface area contributed by atoms with Gasteiger partial charge in [0, 0.05) is 43.5 Å². The van der Waals surface area contributed by atoms with E-state index in [2.05, 4.69) is 20.6 Å². The number of piperidine rings is 1. The Morgan fingerprint density at radius 2 is 2.27 bits per heavy atom. The zero-order chi connectivity index (χ0) is 10.5. The molecule has 0 aromatic carbocycles. The monoisotopic (exact) mass is 206 g/mol. The van der Waals surface area contributed by atoms with Gasteiger partial charge >= 0.3 is 0 Å². The lowest BCUT2D eigenvalue weighted by molar-refractivity contribution is -0.122. The Hall–Kier alpha value is -1.49. The summed E-state index contributed by atoms with van der Waals surface area (Å²) in [7, 11) is 0. The maximum absolute atomic E-state index is 10.9. The Kier molecular flexibility index (Phi) is 3.24. The van der Waals surface area contributed by atoms with Crippen LogP contribution in [0.5, 0.6) is 0 Å². The van der Waals surface area contributed by atoms with Crippen LogP contribution in [0.25, 0.3) is 0 Å². The lowest BCUT2D eigenvalue weighted by Gasteiger charge is -2.23. The maximum Gasteiger partial charge on any atom is 0.220 e. The van der Waals surface area contributed by atoms with E-state index in [4.69, 9.17) is 0 Å². The number of carbonyl (C=O) groups excluding carboxylic acids is 1. The first kappa shape index (κ1) is 10.0. The smallest absolute Gasteiger partial charge is 0.220 e. The van der Waals surface area contributed by atoms with Crippen molar-refractivity contribution in [2.45, 2.75) is 25.4 Å². The third kappa shape index (κ3) is 2.99. The van der Waals surface area contributed by atoms with Gasteiger partial charge in [-0.1, -0.05) is 0 Å². The van der Waals surface area contributed by atoms with E-state index in [1.54, 1.807) is 12.4 Å². The number of hydrogen-bond acceptors (Lipinski definition) is 4. The van der Waals surface area contributed by atoms with Crippen LogP contribution in [0.3, 0.4) is 0 Å². The minimum atomic E-state index is 0.149. The van der Waals surface area contributed by atoms with Gasteiger partial charge in [0.25, 0.3) is 0 Å². The molecule has 1 amide bonds. The Labute approximate surface area is 88.3 Å². The van der Waals surface area contributed by atoms with Gasteiger partial charge in [0.15, 0.2) is 0 Å². The highest BCUT2D eigenvalue weighted by Crippen LogP contribution is 2.03. The Bertz CT molecular complexity index is 317. The van der Waals surface area contributed by atoms with E-state index in [1.807, 2.05) is 0 Å². The number of nitrogens with zero attached hydrogens (tertiary/aromatic N) is 2. The zero-order valence-corrected chi connectivity index (χ0v) is 8.44. The third-order valence-corrected chi connectivity index (χ3v) is 2.47. The Morgan fingerprint density at radius 3 is 2.93 bits per heavy atom. The largest absolute Gasteiger partial charge is 0.355 e. The average molecular weight is 206 g/mol. The molecule has 80 valence electrons. The zero-order valence-electron chi connectivity index (χ0n) is 8.44. The molecule has 1 aromatic rings. The van der Waals surface area contributed by atoms with E-state index in [0.29, 0.717) is 19.0 Å². The molecule has 1 aliphatic heterocycles. The van der Waals surface area contributed by atoms with Crippen LogP contribution >= 0.6 is 0 Å². The fraction of sp³-hybridized carbons (Fsp3) is 0.500. The van der Waals surface area contributed by atoms with Crippen LogP contribution in [0.15, 0.2) is 18.7 Å². The number of rotatable bonds is 3. The van der Waals surface area contributed by atoms with E-state index < -0.39 is 0 Å². The standard InChI is InChI=1S/C10H14N4O/c15-10-2-1-9(6-14-10)13-5-8-3-11-7-12-4-8/h3-4,7,9,13H,1-2,5-6H2,(H,14,15). The van der Waals surface area contributed by atoms with Crippen LogP contribution in [0, 0.1) is 0 Å². The molecule has 2 rings (SSSR count). The summed E-state index contributed by atoms with van der Waals surface area (Å²) in [6.07, 6.45) is 6.62. The molecule has 1 fully saturated rings. The van der Waals surface area contributed by atoms with Crippen molar-refractivity contribution >= 4 is 5.91 Å². The van der Waals surface area contributed by atoms with Gasteiger partial charge < -0.3 is 10.6 Å². The fourth-order valence-electron chi connectivity index (χ4n) is 1.59. The Morgan fingerprint density at radius 1 is 1.47 bits per heavy atom. The summed E-state index contributed by atoms with van der Waals surface area (Å²) < 4.78 is 0. The number of aromatic nitrogens is 2.